The van der Waals surface area contributed by atoms with Crippen molar-refractivity contribution in [2.75, 3.05) is 26.7 Å². The Bertz CT molecular complexity index is 358. The second-order valence-corrected chi connectivity index (χ2v) is 5.28. The van der Waals surface area contributed by atoms with E-state index in [9.17, 15) is 0 Å². The molecule has 17 heavy (non-hydrogen) atoms. The second kappa shape index (κ2) is 5.65. The summed E-state index contributed by atoms with van der Waals surface area (Å²) in [6.45, 7) is 6.69. The predicted molar refractivity (Wildman–Crippen MR) is 69.9 cm³/mol. The molecule has 4 heteroatoms. The monoisotopic (exact) mass is 236 g/mol. The Balaban J connectivity index is 1.74. The molecule has 0 spiro atoms. The van der Waals surface area contributed by atoms with Crippen LogP contribution in [0.4, 0.5) is 0 Å². The maximum Gasteiger partial charge on any atom is 0.0537 e. The molecule has 1 aromatic rings. The van der Waals surface area contributed by atoms with E-state index in [2.05, 4.69) is 29.3 Å². The summed E-state index contributed by atoms with van der Waals surface area (Å²) in [5.74, 6) is 0.811. The molecule has 1 unspecified atom stereocenters. The number of piperidine rings is 1. The van der Waals surface area contributed by atoms with Crippen LogP contribution in [0, 0.1) is 12.8 Å². The summed E-state index contributed by atoms with van der Waals surface area (Å²) < 4.78 is 1.94. The van der Waals surface area contributed by atoms with Crippen molar-refractivity contribution in [3.05, 3.63) is 17.5 Å². The minimum Gasteiger partial charge on any atom is -0.312 e. The van der Waals surface area contributed by atoms with Crippen LogP contribution in [0.5, 0.6) is 0 Å². The SMILES string of the molecule is Cc1c(CNCC2CCCN(C)C2)cnn1C. The molecule has 1 saturated heterocycles. The van der Waals surface area contributed by atoms with Gasteiger partial charge in [0.05, 0.1) is 6.20 Å². The summed E-state index contributed by atoms with van der Waals surface area (Å²) in [4.78, 5) is 2.44. The zero-order valence-corrected chi connectivity index (χ0v) is 11.2. The molecule has 1 aliphatic rings. The standard InChI is InChI=1S/C13H24N4/c1-11-13(9-15-17(11)3)8-14-7-12-5-4-6-16(2)10-12/h9,12,14H,4-8,10H2,1-3H3. The zero-order chi connectivity index (χ0) is 12.3. The maximum absolute atomic E-state index is 4.26. The van der Waals surface area contributed by atoms with Crippen LogP contribution in [0.3, 0.4) is 0 Å². The first kappa shape index (κ1) is 12.6. The quantitative estimate of drug-likeness (QED) is 0.851. The van der Waals surface area contributed by atoms with E-state index in [1.54, 1.807) is 0 Å². The molecule has 1 N–H and O–H groups in total. The molecule has 4 nitrogen and oxygen atoms in total. The van der Waals surface area contributed by atoms with Crippen molar-refractivity contribution in [3.8, 4) is 0 Å². The average Bonchev–Trinajstić information content (AvgIpc) is 2.61. The van der Waals surface area contributed by atoms with Gasteiger partial charge in [-0.05, 0) is 45.8 Å². The fourth-order valence-electron chi connectivity index (χ4n) is 2.57. The summed E-state index contributed by atoms with van der Waals surface area (Å²) in [6.07, 6.45) is 4.67. The Kier molecular flexibility index (Phi) is 4.18. The van der Waals surface area contributed by atoms with Gasteiger partial charge in [0.15, 0.2) is 0 Å². The van der Waals surface area contributed by atoms with Gasteiger partial charge in [-0.2, -0.15) is 5.10 Å². The number of hydrogen-bond acceptors (Lipinski definition) is 3. The number of nitrogens with one attached hydrogen (secondary N) is 1. The molecule has 1 atom stereocenters. The fraction of sp³-hybridized carbons (Fsp3) is 0.769. The molecule has 0 radical (unpaired) electrons. The summed E-state index contributed by atoms with van der Waals surface area (Å²) in [6, 6.07) is 0. The van der Waals surface area contributed by atoms with Crippen LogP contribution in [0.15, 0.2) is 6.20 Å². The minimum atomic E-state index is 0.811. The summed E-state index contributed by atoms with van der Waals surface area (Å²) >= 11 is 0. The van der Waals surface area contributed by atoms with Crippen LogP contribution in [0.2, 0.25) is 0 Å². The van der Waals surface area contributed by atoms with Gasteiger partial charge in [0, 0.05) is 31.4 Å². The van der Waals surface area contributed by atoms with Crippen LogP contribution in [0.1, 0.15) is 24.1 Å². The first-order valence-electron chi connectivity index (χ1n) is 6.53. The minimum absolute atomic E-state index is 0.811. The van der Waals surface area contributed by atoms with Gasteiger partial charge in [0.1, 0.15) is 0 Å². The van der Waals surface area contributed by atoms with Gasteiger partial charge < -0.3 is 10.2 Å². The number of rotatable bonds is 4. The van der Waals surface area contributed by atoms with E-state index >= 15 is 0 Å². The number of aryl methyl sites for hydroxylation is 1. The Morgan fingerprint density at radius 3 is 2.94 bits per heavy atom. The average molecular weight is 236 g/mol. The van der Waals surface area contributed by atoms with Gasteiger partial charge in [0.25, 0.3) is 0 Å². The smallest absolute Gasteiger partial charge is 0.0537 e. The largest absolute Gasteiger partial charge is 0.312 e. The van der Waals surface area contributed by atoms with Gasteiger partial charge in [-0.25, -0.2) is 0 Å². The third kappa shape index (κ3) is 3.30. The molecule has 2 heterocycles. The van der Waals surface area contributed by atoms with Crippen LogP contribution >= 0.6 is 0 Å². The van der Waals surface area contributed by atoms with Gasteiger partial charge >= 0.3 is 0 Å². The van der Waals surface area contributed by atoms with Crippen LogP contribution < -0.4 is 5.32 Å². The summed E-state index contributed by atoms with van der Waals surface area (Å²) in [5, 5.41) is 7.83. The first-order chi connectivity index (χ1) is 8.16. The fourth-order valence-corrected chi connectivity index (χ4v) is 2.57. The van der Waals surface area contributed by atoms with Gasteiger partial charge in [-0.1, -0.05) is 0 Å². The van der Waals surface area contributed by atoms with Gasteiger partial charge in [-0.3, -0.25) is 4.68 Å². The summed E-state index contributed by atoms with van der Waals surface area (Å²) in [7, 11) is 4.21. The molecular weight excluding hydrogens is 212 g/mol. The third-order valence-corrected chi connectivity index (χ3v) is 3.81. The molecule has 0 saturated carbocycles. The van der Waals surface area contributed by atoms with E-state index in [-0.39, 0.29) is 0 Å². The maximum atomic E-state index is 4.26. The number of aromatic nitrogens is 2. The highest BCUT2D eigenvalue weighted by Crippen LogP contribution is 2.14. The lowest BCUT2D eigenvalue weighted by Crippen LogP contribution is -2.37. The number of nitrogens with zero attached hydrogens (tertiary/aromatic N) is 3. The van der Waals surface area contributed by atoms with Crippen molar-refractivity contribution in [2.45, 2.75) is 26.3 Å². The first-order valence-corrected chi connectivity index (χ1v) is 6.53. The van der Waals surface area contributed by atoms with Gasteiger partial charge in [-0.15, -0.1) is 0 Å². The van der Waals surface area contributed by atoms with Crippen molar-refractivity contribution in [2.24, 2.45) is 13.0 Å². The molecule has 96 valence electrons. The van der Waals surface area contributed by atoms with Crippen LogP contribution in [-0.2, 0) is 13.6 Å². The van der Waals surface area contributed by atoms with Crippen molar-refractivity contribution in [3.63, 3.8) is 0 Å². The highest BCUT2D eigenvalue weighted by Gasteiger charge is 2.16. The third-order valence-electron chi connectivity index (χ3n) is 3.81. The Morgan fingerprint density at radius 1 is 1.47 bits per heavy atom. The topological polar surface area (TPSA) is 33.1 Å². The summed E-state index contributed by atoms with van der Waals surface area (Å²) in [5.41, 5.74) is 2.58. The van der Waals surface area contributed by atoms with E-state index in [0.717, 1.165) is 19.0 Å². The number of likely N-dealkylation sites (tertiary alicyclic amines) is 1. The lowest BCUT2D eigenvalue weighted by atomic mass is 9.98. The molecule has 1 aliphatic heterocycles. The molecule has 0 bridgehead atoms. The molecule has 0 amide bonds. The van der Waals surface area contributed by atoms with E-state index in [0.29, 0.717) is 0 Å². The van der Waals surface area contributed by atoms with E-state index in [1.807, 2.05) is 17.9 Å². The Hall–Kier alpha value is -0.870. The molecule has 0 aromatic carbocycles. The lowest BCUT2D eigenvalue weighted by molar-refractivity contribution is 0.206. The van der Waals surface area contributed by atoms with Crippen molar-refractivity contribution in [1.29, 1.82) is 0 Å². The predicted octanol–water partition coefficient (Wildman–Crippen LogP) is 1.16. The number of hydrogen-bond donors (Lipinski definition) is 1. The van der Waals surface area contributed by atoms with Crippen molar-refractivity contribution in [1.82, 2.24) is 20.0 Å². The van der Waals surface area contributed by atoms with Crippen LogP contribution in [0.25, 0.3) is 0 Å². The van der Waals surface area contributed by atoms with E-state index in [1.165, 1.54) is 37.2 Å². The molecule has 1 aromatic heterocycles. The second-order valence-electron chi connectivity index (χ2n) is 5.28. The Labute approximate surface area is 104 Å². The molecule has 2 rings (SSSR count). The molecule has 0 aliphatic carbocycles. The van der Waals surface area contributed by atoms with E-state index < -0.39 is 0 Å². The Morgan fingerprint density at radius 2 is 2.29 bits per heavy atom. The highest BCUT2D eigenvalue weighted by molar-refractivity contribution is 5.15. The normalized spacial score (nSPS) is 21.9. The molecule has 1 fully saturated rings. The van der Waals surface area contributed by atoms with E-state index in [4.69, 9.17) is 0 Å². The van der Waals surface area contributed by atoms with Gasteiger partial charge in [0.2, 0.25) is 0 Å². The highest BCUT2D eigenvalue weighted by atomic mass is 15.3. The van der Waals surface area contributed by atoms with Crippen LogP contribution in [-0.4, -0.2) is 41.4 Å². The van der Waals surface area contributed by atoms with Crippen molar-refractivity contribution < 1.29 is 0 Å². The zero-order valence-electron chi connectivity index (χ0n) is 11.2. The van der Waals surface area contributed by atoms with Crippen molar-refractivity contribution >= 4 is 0 Å². The molecular formula is C13H24N4. The lowest BCUT2D eigenvalue weighted by Gasteiger charge is -2.29.